The second-order valence-corrected chi connectivity index (χ2v) is 6.76. The largest absolute Gasteiger partial charge is 0.463 e. The number of hydrogen-bond donors (Lipinski definition) is 1. The number of benzene rings is 1. The number of rotatable bonds is 5. The molecule has 0 bridgehead atoms. The molecule has 2 rings (SSSR count). The Kier molecular flexibility index (Phi) is 5.97. The van der Waals surface area contributed by atoms with Gasteiger partial charge in [-0.05, 0) is 26.3 Å². The van der Waals surface area contributed by atoms with E-state index in [1.807, 2.05) is 0 Å². The molecule has 0 aliphatic heterocycles. The van der Waals surface area contributed by atoms with Crippen LogP contribution in [-0.2, 0) is 14.3 Å². The van der Waals surface area contributed by atoms with Crippen LogP contribution in [0.3, 0.4) is 0 Å². The van der Waals surface area contributed by atoms with Gasteiger partial charge in [-0.1, -0.05) is 29.4 Å². The Morgan fingerprint density at radius 2 is 1.88 bits per heavy atom. The van der Waals surface area contributed by atoms with E-state index >= 15 is 0 Å². The first kappa shape index (κ1) is 19.4. The van der Waals surface area contributed by atoms with E-state index in [2.05, 4.69) is 15.5 Å². The van der Waals surface area contributed by atoms with Crippen LogP contribution < -0.4 is 5.32 Å². The highest BCUT2D eigenvalue weighted by Crippen LogP contribution is 2.21. The van der Waals surface area contributed by atoms with Crippen molar-refractivity contribution in [3.63, 3.8) is 0 Å². The Bertz CT molecular complexity index is 762. The van der Waals surface area contributed by atoms with Crippen molar-refractivity contribution in [1.82, 2.24) is 15.5 Å². The summed E-state index contributed by atoms with van der Waals surface area (Å²) >= 11 is 0. The molecule has 1 N–H and O–H groups in total. The zero-order valence-corrected chi connectivity index (χ0v) is 15.5. The van der Waals surface area contributed by atoms with Crippen molar-refractivity contribution >= 4 is 12.1 Å². The third-order valence-electron chi connectivity index (χ3n) is 3.24. The average Bonchev–Trinajstić information content (AvgIpc) is 2.96. The molecule has 8 heteroatoms. The van der Waals surface area contributed by atoms with Crippen molar-refractivity contribution in [3.05, 3.63) is 35.7 Å². The summed E-state index contributed by atoms with van der Waals surface area (Å²) in [5.41, 5.74) is 0.895. The molecule has 1 unspecified atom stereocenters. The predicted molar refractivity (Wildman–Crippen MR) is 93.2 cm³/mol. The van der Waals surface area contributed by atoms with Gasteiger partial charge in [-0.3, -0.25) is 4.79 Å². The van der Waals surface area contributed by atoms with Crippen molar-refractivity contribution in [3.8, 4) is 11.4 Å². The summed E-state index contributed by atoms with van der Waals surface area (Å²) in [6.45, 7) is 8.34. The fraction of sp³-hybridized carbons (Fsp3) is 0.444. The number of nitrogens with one attached hydrogen (secondary N) is 1. The summed E-state index contributed by atoms with van der Waals surface area (Å²) in [7, 11) is 0. The maximum atomic E-state index is 12.1. The minimum absolute atomic E-state index is 0.00472. The molecule has 0 saturated heterocycles. The average molecular weight is 361 g/mol. The summed E-state index contributed by atoms with van der Waals surface area (Å²) in [5, 5.41) is 6.58. The molecule has 0 spiro atoms. The number of carbonyl (C=O) groups is 2. The summed E-state index contributed by atoms with van der Waals surface area (Å²) in [4.78, 5) is 27.4. The van der Waals surface area contributed by atoms with Crippen molar-refractivity contribution in [2.75, 3.05) is 6.61 Å². The van der Waals surface area contributed by atoms with Crippen LogP contribution in [-0.4, -0.2) is 34.4 Å². The van der Waals surface area contributed by atoms with E-state index in [0.29, 0.717) is 11.7 Å². The molecule has 8 nitrogen and oxygen atoms in total. The molecular weight excluding hydrogens is 338 g/mol. The molecule has 0 aliphatic carbocycles. The minimum Gasteiger partial charge on any atom is -0.463 e. The van der Waals surface area contributed by atoms with Gasteiger partial charge in [0.25, 0.3) is 0 Å². The molecule has 1 heterocycles. The summed E-state index contributed by atoms with van der Waals surface area (Å²) < 4.78 is 15.3. The standard InChI is InChI=1S/C18H23N3O5/c1-11-19-16(21-26-11)14-8-6-13(7-9-14)15(10-24-12(2)22)20-17(23)25-18(3,4)5/h6-9,15H,10H2,1-5H3,(H,20,23). The number of amides is 1. The lowest BCUT2D eigenvalue weighted by Gasteiger charge is -2.23. The molecule has 2 aromatic rings. The fourth-order valence-electron chi connectivity index (χ4n) is 2.15. The zero-order chi connectivity index (χ0) is 19.3. The van der Waals surface area contributed by atoms with Crippen LogP contribution in [0.4, 0.5) is 4.79 Å². The highest BCUT2D eigenvalue weighted by Gasteiger charge is 2.21. The molecule has 0 fully saturated rings. The van der Waals surface area contributed by atoms with Crippen LogP contribution in [0.5, 0.6) is 0 Å². The van der Waals surface area contributed by atoms with E-state index in [1.54, 1.807) is 52.0 Å². The Hall–Kier alpha value is -2.90. The monoisotopic (exact) mass is 361 g/mol. The second kappa shape index (κ2) is 7.99. The van der Waals surface area contributed by atoms with Crippen LogP contribution in [0.2, 0.25) is 0 Å². The SMILES string of the molecule is CC(=O)OCC(NC(=O)OC(C)(C)C)c1ccc(-c2noc(C)n2)cc1. The van der Waals surface area contributed by atoms with Gasteiger partial charge in [-0.25, -0.2) is 4.79 Å². The first-order chi connectivity index (χ1) is 12.1. The Morgan fingerprint density at radius 3 is 2.38 bits per heavy atom. The van der Waals surface area contributed by atoms with Gasteiger partial charge in [0.15, 0.2) is 0 Å². The predicted octanol–water partition coefficient (Wildman–Crippen LogP) is 3.17. The first-order valence-corrected chi connectivity index (χ1v) is 8.17. The van der Waals surface area contributed by atoms with Crippen LogP contribution in [0.25, 0.3) is 11.4 Å². The maximum absolute atomic E-state index is 12.1. The van der Waals surface area contributed by atoms with E-state index in [0.717, 1.165) is 11.1 Å². The minimum atomic E-state index is -0.629. The quantitative estimate of drug-likeness (QED) is 0.816. The van der Waals surface area contributed by atoms with E-state index in [4.69, 9.17) is 14.0 Å². The maximum Gasteiger partial charge on any atom is 0.408 e. The van der Waals surface area contributed by atoms with Crippen LogP contribution in [0.1, 0.15) is 45.2 Å². The number of alkyl carbamates (subject to hydrolysis) is 1. The Balaban J connectivity index is 2.15. The van der Waals surface area contributed by atoms with Crippen molar-refractivity contribution < 1.29 is 23.6 Å². The van der Waals surface area contributed by atoms with Crippen molar-refractivity contribution in [1.29, 1.82) is 0 Å². The van der Waals surface area contributed by atoms with Crippen LogP contribution in [0, 0.1) is 6.92 Å². The summed E-state index contributed by atoms with van der Waals surface area (Å²) in [6.07, 6.45) is -0.590. The third kappa shape index (κ3) is 5.87. The number of aryl methyl sites for hydroxylation is 1. The molecule has 26 heavy (non-hydrogen) atoms. The summed E-state index contributed by atoms with van der Waals surface area (Å²) in [6, 6.07) is 6.66. The first-order valence-electron chi connectivity index (χ1n) is 8.17. The molecule has 0 aliphatic rings. The highest BCUT2D eigenvalue weighted by molar-refractivity contribution is 5.69. The van der Waals surface area contributed by atoms with Gasteiger partial charge >= 0.3 is 12.1 Å². The van der Waals surface area contributed by atoms with Gasteiger partial charge < -0.3 is 19.3 Å². The number of ether oxygens (including phenoxy) is 2. The molecule has 1 amide bonds. The molecule has 1 aromatic heterocycles. The number of nitrogens with zero attached hydrogens (tertiary/aromatic N) is 2. The van der Waals surface area contributed by atoms with Gasteiger partial charge in [0.05, 0.1) is 6.04 Å². The van der Waals surface area contributed by atoms with Crippen LogP contribution in [0.15, 0.2) is 28.8 Å². The normalized spacial score (nSPS) is 12.3. The van der Waals surface area contributed by atoms with E-state index < -0.39 is 23.7 Å². The molecule has 140 valence electrons. The number of esters is 1. The zero-order valence-electron chi connectivity index (χ0n) is 15.5. The third-order valence-corrected chi connectivity index (χ3v) is 3.24. The fourth-order valence-corrected chi connectivity index (χ4v) is 2.15. The molecule has 1 aromatic carbocycles. The highest BCUT2D eigenvalue weighted by atomic mass is 16.6. The Labute approximate surface area is 151 Å². The van der Waals surface area contributed by atoms with E-state index in [-0.39, 0.29) is 6.61 Å². The number of hydrogen-bond acceptors (Lipinski definition) is 7. The van der Waals surface area contributed by atoms with Gasteiger partial charge in [0.1, 0.15) is 12.2 Å². The van der Waals surface area contributed by atoms with E-state index in [1.165, 1.54) is 6.92 Å². The van der Waals surface area contributed by atoms with Gasteiger partial charge in [0, 0.05) is 19.4 Å². The van der Waals surface area contributed by atoms with Crippen molar-refractivity contribution in [2.24, 2.45) is 0 Å². The lowest BCUT2D eigenvalue weighted by Crippen LogP contribution is -2.36. The molecule has 0 radical (unpaired) electrons. The van der Waals surface area contributed by atoms with Crippen LogP contribution >= 0.6 is 0 Å². The lowest BCUT2D eigenvalue weighted by molar-refractivity contribution is -0.141. The smallest absolute Gasteiger partial charge is 0.408 e. The van der Waals surface area contributed by atoms with Gasteiger partial charge in [-0.15, -0.1) is 0 Å². The number of carbonyl (C=O) groups excluding carboxylic acids is 2. The molecule has 0 saturated carbocycles. The molecular formula is C18H23N3O5. The molecule has 1 atom stereocenters. The topological polar surface area (TPSA) is 104 Å². The Morgan fingerprint density at radius 1 is 1.23 bits per heavy atom. The van der Waals surface area contributed by atoms with Gasteiger partial charge in [-0.2, -0.15) is 4.98 Å². The second-order valence-electron chi connectivity index (χ2n) is 6.76. The van der Waals surface area contributed by atoms with E-state index in [9.17, 15) is 9.59 Å². The summed E-state index contributed by atoms with van der Waals surface area (Å²) in [5.74, 6) is 0.522. The van der Waals surface area contributed by atoms with Crippen molar-refractivity contribution in [2.45, 2.75) is 46.3 Å². The van der Waals surface area contributed by atoms with Gasteiger partial charge in [0.2, 0.25) is 11.7 Å². The number of aromatic nitrogens is 2. The lowest BCUT2D eigenvalue weighted by atomic mass is 10.1.